The molecule has 4 heterocycles. The fourth-order valence-corrected chi connectivity index (χ4v) is 4.53. The Labute approximate surface area is 176 Å². The number of fused-ring (bicyclic) bond motifs is 1. The molecule has 1 saturated heterocycles. The summed E-state index contributed by atoms with van der Waals surface area (Å²) >= 11 is 1.45. The SMILES string of the molecule is O=C(Cc1ccc2c(c1)OCO2)N1CCC(Cn2nnn(-c3cccs3)c2=O)CC1. The molecule has 2 aromatic heterocycles. The van der Waals surface area contributed by atoms with Gasteiger partial charge < -0.3 is 14.4 Å². The minimum atomic E-state index is -0.223. The van der Waals surface area contributed by atoms with Crippen molar-refractivity contribution >= 4 is 17.2 Å². The lowest BCUT2D eigenvalue weighted by Gasteiger charge is -2.31. The smallest absolute Gasteiger partial charge is 0.369 e. The number of aromatic nitrogens is 4. The molecule has 0 N–H and O–H groups in total. The number of tetrazole rings is 1. The number of carbonyl (C=O) groups is 1. The number of hydrogen-bond donors (Lipinski definition) is 0. The van der Waals surface area contributed by atoms with Crippen LogP contribution in [0.1, 0.15) is 18.4 Å². The first kappa shape index (κ1) is 18.9. The Morgan fingerprint density at radius 3 is 2.77 bits per heavy atom. The predicted octanol–water partition coefficient (Wildman–Crippen LogP) is 1.70. The third-order valence-electron chi connectivity index (χ3n) is 5.55. The van der Waals surface area contributed by atoms with E-state index in [2.05, 4.69) is 10.4 Å². The van der Waals surface area contributed by atoms with E-state index in [1.54, 1.807) is 0 Å². The van der Waals surface area contributed by atoms with Gasteiger partial charge in [-0.2, -0.15) is 9.36 Å². The normalized spacial score (nSPS) is 16.2. The summed E-state index contributed by atoms with van der Waals surface area (Å²) in [4.78, 5) is 27.1. The summed E-state index contributed by atoms with van der Waals surface area (Å²) in [5, 5.41) is 10.7. The molecule has 1 amide bonds. The molecule has 0 radical (unpaired) electrons. The van der Waals surface area contributed by atoms with Crippen LogP contribution in [-0.2, 0) is 17.8 Å². The van der Waals surface area contributed by atoms with Crippen LogP contribution in [0.15, 0.2) is 40.5 Å². The molecule has 5 rings (SSSR count). The van der Waals surface area contributed by atoms with E-state index in [-0.39, 0.29) is 18.4 Å². The number of thiophene rings is 1. The van der Waals surface area contributed by atoms with Gasteiger partial charge in [-0.15, -0.1) is 11.3 Å². The van der Waals surface area contributed by atoms with Gasteiger partial charge in [0.1, 0.15) is 5.00 Å². The first-order valence-electron chi connectivity index (χ1n) is 9.90. The Hall–Kier alpha value is -3.14. The van der Waals surface area contributed by atoms with Gasteiger partial charge in [0.05, 0.1) is 13.0 Å². The number of ether oxygens (including phenoxy) is 2. The Morgan fingerprint density at radius 2 is 1.97 bits per heavy atom. The number of hydrogen-bond acceptors (Lipinski definition) is 7. The molecule has 156 valence electrons. The third-order valence-corrected chi connectivity index (χ3v) is 6.39. The van der Waals surface area contributed by atoms with Gasteiger partial charge >= 0.3 is 5.69 Å². The van der Waals surface area contributed by atoms with Gasteiger partial charge in [0.25, 0.3) is 0 Å². The van der Waals surface area contributed by atoms with E-state index in [1.807, 2.05) is 40.6 Å². The van der Waals surface area contributed by atoms with Gasteiger partial charge in [-0.3, -0.25) is 4.79 Å². The van der Waals surface area contributed by atoms with Crippen LogP contribution in [0, 0.1) is 5.92 Å². The van der Waals surface area contributed by atoms with E-state index in [9.17, 15) is 9.59 Å². The van der Waals surface area contributed by atoms with Crippen LogP contribution in [-0.4, -0.2) is 50.5 Å². The van der Waals surface area contributed by atoms with Crippen LogP contribution < -0.4 is 15.2 Å². The lowest BCUT2D eigenvalue weighted by Crippen LogP contribution is -2.40. The van der Waals surface area contributed by atoms with Gasteiger partial charge in [-0.1, -0.05) is 6.07 Å². The molecule has 2 aliphatic rings. The molecule has 1 fully saturated rings. The van der Waals surface area contributed by atoms with Gasteiger partial charge in [0.15, 0.2) is 11.5 Å². The number of carbonyl (C=O) groups excluding carboxylic acids is 1. The summed E-state index contributed by atoms with van der Waals surface area (Å²) in [5.74, 6) is 1.82. The number of rotatable bonds is 5. The van der Waals surface area contributed by atoms with Crippen molar-refractivity contribution in [1.29, 1.82) is 0 Å². The van der Waals surface area contributed by atoms with Gasteiger partial charge in [0.2, 0.25) is 12.7 Å². The minimum Gasteiger partial charge on any atom is -0.454 e. The zero-order valence-electron chi connectivity index (χ0n) is 16.3. The van der Waals surface area contributed by atoms with Crippen LogP contribution in [0.4, 0.5) is 0 Å². The lowest BCUT2D eigenvalue weighted by atomic mass is 9.96. The van der Waals surface area contributed by atoms with E-state index >= 15 is 0 Å². The van der Waals surface area contributed by atoms with Crippen LogP contribution in [0.2, 0.25) is 0 Å². The van der Waals surface area contributed by atoms with E-state index in [1.165, 1.54) is 20.7 Å². The molecular weight excluding hydrogens is 406 g/mol. The monoisotopic (exact) mass is 427 g/mol. The second-order valence-electron chi connectivity index (χ2n) is 7.50. The summed E-state index contributed by atoms with van der Waals surface area (Å²) in [7, 11) is 0. The fourth-order valence-electron chi connectivity index (χ4n) is 3.86. The summed E-state index contributed by atoms with van der Waals surface area (Å²) in [6.45, 7) is 2.11. The number of nitrogens with zero attached hydrogens (tertiary/aromatic N) is 5. The van der Waals surface area contributed by atoms with Gasteiger partial charge in [-0.25, -0.2) is 4.79 Å². The fraction of sp³-hybridized carbons (Fsp3) is 0.400. The number of benzene rings is 1. The van der Waals surface area contributed by atoms with Gasteiger partial charge in [-0.05, 0) is 64.4 Å². The van der Waals surface area contributed by atoms with Crippen LogP contribution in [0.3, 0.4) is 0 Å². The van der Waals surface area contributed by atoms with Crippen molar-refractivity contribution in [1.82, 2.24) is 24.7 Å². The molecule has 0 saturated carbocycles. The molecule has 0 unspecified atom stereocenters. The minimum absolute atomic E-state index is 0.105. The van der Waals surface area contributed by atoms with Crippen LogP contribution >= 0.6 is 11.3 Å². The molecular formula is C20H21N5O4S. The average Bonchev–Trinajstić information content (AvgIpc) is 3.50. The first-order chi connectivity index (χ1) is 14.7. The third kappa shape index (κ3) is 3.70. The van der Waals surface area contributed by atoms with Crippen molar-refractivity contribution in [3.05, 3.63) is 51.8 Å². The maximum absolute atomic E-state index is 12.7. The second-order valence-corrected chi connectivity index (χ2v) is 8.42. The van der Waals surface area contributed by atoms with Crippen molar-refractivity contribution in [2.24, 2.45) is 5.92 Å². The Kier molecular flexibility index (Phi) is 4.99. The summed E-state index contributed by atoms with van der Waals surface area (Å²) < 4.78 is 13.5. The van der Waals surface area contributed by atoms with E-state index in [4.69, 9.17) is 9.47 Å². The Morgan fingerprint density at radius 1 is 1.13 bits per heavy atom. The van der Waals surface area contributed by atoms with E-state index in [0.29, 0.717) is 37.7 Å². The Bertz CT molecular complexity index is 1100. The molecule has 9 nitrogen and oxygen atoms in total. The van der Waals surface area contributed by atoms with Crippen molar-refractivity contribution in [2.45, 2.75) is 25.8 Å². The zero-order chi connectivity index (χ0) is 20.5. The first-order valence-corrected chi connectivity index (χ1v) is 10.8. The molecule has 0 bridgehead atoms. The van der Waals surface area contributed by atoms with Crippen molar-refractivity contribution in [2.75, 3.05) is 19.9 Å². The topological polar surface area (TPSA) is 91.5 Å². The molecule has 2 aliphatic heterocycles. The van der Waals surface area contributed by atoms with E-state index in [0.717, 1.165) is 29.2 Å². The average molecular weight is 427 g/mol. The zero-order valence-corrected chi connectivity index (χ0v) is 17.1. The molecule has 1 aromatic carbocycles. The summed E-state index contributed by atoms with van der Waals surface area (Å²) in [6.07, 6.45) is 2.02. The van der Waals surface area contributed by atoms with E-state index < -0.39 is 0 Å². The maximum Gasteiger partial charge on any atom is 0.369 e. The molecule has 0 aliphatic carbocycles. The van der Waals surface area contributed by atoms with Crippen molar-refractivity contribution in [3.63, 3.8) is 0 Å². The maximum atomic E-state index is 12.7. The van der Waals surface area contributed by atoms with Crippen LogP contribution in [0.25, 0.3) is 5.00 Å². The van der Waals surface area contributed by atoms with Crippen molar-refractivity contribution < 1.29 is 14.3 Å². The molecule has 10 heteroatoms. The number of piperidine rings is 1. The predicted molar refractivity (Wildman–Crippen MR) is 109 cm³/mol. The molecule has 0 atom stereocenters. The Balaban J connectivity index is 1.16. The van der Waals surface area contributed by atoms with Crippen LogP contribution in [0.5, 0.6) is 11.5 Å². The lowest BCUT2D eigenvalue weighted by molar-refractivity contribution is -0.131. The highest BCUT2D eigenvalue weighted by Gasteiger charge is 2.25. The highest BCUT2D eigenvalue weighted by Crippen LogP contribution is 2.32. The molecule has 30 heavy (non-hydrogen) atoms. The second kappa shape index (κ2) is 7.94. The standard InChI is InChI=1S/C20H21N5O4S/c26-18(11-15-3-4-16-17(10-15)29-13-28-16)23-7-5-14(6-8-23)12-24-20(27)25(22-21-24)19-2-1-9-30-19/h1-4,9-10,14H,5-8,11-13H2. The quantitative estimate of drug-likeness (QED) is 0.616. The number of amides is 1. The van der Waals surface area contributed by atoms with Crippen molar-refractivity contribution in [3.8, 4) is 16.5 Å². The number of likely N-dealkylation sites (tertiary alicyclic amines) is 1. The molecule has 3 aromatic rings. The largest absolute Gasteiger partial charge is 0.454 e. The molecule has 0 spiro atoms. The highest BCUT2D eigenvalue weighted by atomic mass is 32.1. The van der Waals surface area contributed by atoms with Gasteiger partial charge in [0, 0.05) is 13.1 Å². The summed E-state index contributed by atoms with van der Waals surface area (Å²) in [5.41, 5.74) is 0.696. The highest BCUT2D eigenvalue weighted by molar-refractivity contribution is 7.12. The summed E-state index contributed by atoms with van der Waals surface area (Å²) in [6, 6.07) is 9.34.